The highest BCUT2D eigenvalue weighted by Crippen LogP contribution is 2.23. The van der Waals surface area contributed by atoms with Gasteiger partial charge in [0.05, 0.1) is 17.9 Å². The third-order valence-corrected chi connectivity index (χ3v) is 3.63. The van der Waals surface area contributed by atoms with Crippen molar-refractivity contribution in [2.45, 2.75) is 32.9 Å². The second kappa shape index (κ2) is 4.59. The average Bonchev–Trinajstić information content (AvgIpc) is 2.44. The molecule has 4 nitrogen and oxygen atoms in total. The van der Waals surface area contributed by atoms with Crippen molar-refractivity contribution in [2.75, 3.05) is 19.7 Å². The molecule has 1 fully saturated rings. The van der Waals surface area contributed by atoms with E-state index in [4.69, 9.17) is 16.3 Å². The van der Waals surface area contributed by atoms with Crippen LogP contribution in [0, 0.1) is 6.92 Å². The molecule has 0 unspecified atom stereocenters. The van der Waals surface area contributed by atoms with Crippen LogP contribution in [-0.2, 0) is 18.3 Å². The van der Waals surface area contributed by atoms with Gasteiger partial charge in [-0.25, -0.2) is 0 Å². The summed E-state index contributed by atoms with van der Waals surface area (Å²) in [5.41, 5.74) is 2.08. The summed E-state index contributed by atoms with van der Waals surface area (Å²) in [5, 5.41) is 5.08. The fourth-order valence-electron chi connectivity index (χ4n) is 2.33. The van der Waals surface area contributed by atoms with Crippen LogP contribution in [0.25, 0.3) is 0 Å². The first-order valence-electron chi connectivity index (χ1n) is 5.93. The van der Waals surface area contributed by atoms with Crippen molar-refractivity contribution in [3.05, 3.63) is 16.4 Å². The second-order valence-corrected chi connectivity index (χ2v) is 5.66. The van der Waals surface area contributed by atoms with Crippen molar-refractivity contribution in [1.82, 2.24) is 14.7 Å². The van der Waals surface area contributed by atoms with Crippen LogP contribution in [0.3, 0.4) is 0 Å². The molecule has 1 saturated heterocycles. The number of morpholine rings is 1. The molecule has 1 aliphatic rings. The summed E-state index contributed by atoms with van der Waals surface area (Å²) in [6.07, 6.45) is 0. The lowest BCUT2D eigenvalue weighted by molar-refractivity contribution is -0.0883. The van der Waals surface area contributed by atoms with Gasteiger partial charge in [-0.3, -0.25) is 9.58 Å². The van der Waals surface area contributed by atoms with Crippen molar-refractivity contribution >= 4 is 11.6 Å². The van der Waals surface area contributed by atoms with Crippen LogP contribution in [0.2, 0.25) is 5.15 Å². The molecule has 1 aromatic rings. The summed E-state index contributed by atoms with van der Waals surface area (Å²) in [7, 11) is 1.88. The maximum atomic E-state index is 6.25. The van der Waals surface area contributed by atoms with Crippen LogP contribution in [0.4, 0.5) is 0 Å². The number of rotatable bonds is 2. The molecular weight excluding hydrogens is 238 g/mol. The Kier molecular flexibility index (Phi) is 3.48. The van der Waals surface area contributed by atoms with Crippen LogP contribution in [-0.4, -0.2) is 40.0 Å². The summed E-state index contributed by atoms with van der Waals surface area (Å²) in [6.45, 7) is 9.77. The fourth-order valence-corrected chi connectivity index (χ4v) is 2.56. The molecule has 0 N–H and O–H groups in total. The summed E-state index contributed by atoms with van der Waals surface area (Å²) in [6, 6.07) is 0. The molecule has 0 aromatic carbocycles. The van der Waals surface area contributed by atoms with E-state index in [9.17, 15) is 0 Å². The average molecular weight is 258 g/mol. The number of nitrogens with zero attached hydrogens (tertiary/aromatic N) is 3. The minimum absolute atomic E-state index is 0.0686. The molecule has 17 heavy (non-hydrogen) atoms. The fraction of sp³-hybridized carbons (Fsp3) is 0.750. The number of hydrogen-bond acceptors (Lipinski definition) is 3. The zero-order valence-corrected chi connectivity index (χ0v) is 11.7. The molecule has 1 aromatic heterocycles. The second-order valence-electron chi connectivity index (χ2n) is 5.30. The number of halogens is 1. The SMILES string of the molecule is Cc1nn(C)c(Cl)c1CN1CCOC(C)(C)C1. The minimum atomic E-state index is -0.0686. The Bertz CT molecular complexity index is 414. The van der Waals surface area contributed by atoms with Gasteiger partial charge in [-0.1, -0.05) is 11.6 Å². The van der Waals surface area contributed by atoms with E-state index in [0.29, 0.717) is 0 Å². The molecule has 0 radical (unpaired) electrons. The number of aromatic nitrogens is 2. The van der Waals surface area contributed by atoms with Crippen molar-refractivity contribution in [3.8, 4) is 0 Å². The van der Waals surface area contributed by atoms with E-state index in [2.05, 4.69) is 23.8 Å². The van der Waals surface area contributed by atoms with Crippen LogP contribution in [0.5, 0.6) is 0 Å². The van der Waals surface area contributed by atoms with Gasteiger partial charge in [0.2, 0.25) is 0 Å². The van der Waals surface area contributed by atoms with Gasteiger partial charge >= 0.3 is 0 Å². The maximum absolute atomic E-state index is 6.25. The lowest BCUT2D eigenvalue weighted by Crippen LogP contribution is -2.47. The van der Waals surface area contributed by atoms with Crippen molar-refractivity contribution in [1.29, 1.82) is 0 Å². The van der Waals surface area contributed by atoms with Crippen LogP contribution >= 0.6 is 11.6 Å². The Labute approximate surface area is 107 Å². The van der Waals surface area contributed by atoms with Crippen molar-refractivity contribution < 1.29 is 4.74 Å². The van der Waals surface area contributed by atoms with E-state index in [1.165, 1.54) is 0 Å². The molecule has 2 rings (SSSR count). The normalized spacial score (nSPS) is 20.8. The van der Waals surface area contributed by atoms with E-state index >= 15 is 0 Å². The Balaban J connectivity index is 2.10. The molecular formula is C12H20ClN3O. The van der Waals surface area contributed by atoms with E-state index in [-0.39, 0.29) is 5.60 Å². The number of ether oxygens (including phenoxy) is 1. The molecule has 0 amide bonds. The molecule has 5 heteroatoms. The van der Waals surface area contributed by atoms with Gasteiger partial charge in [0.25, 0.3) is 0 Å². The topological polar surface area (TPSA) is 30.3 Å². The van der Waals surface area contributed by atoms with Gasteiger partial charge in [0, 0.05) is 32.2 Å². The highest BCUT2D eigenvalue weighted by atomic mass is 35.5. The van der Waals surface area contributed by atoms with E-state index in [1.54, 1.807) is 4.68 Å². The lowest BCUT2D eigenvalue weighted by Gasteiger charge is -2.38. The highest BCUT2D eigenvalue weighted by molar-refractivity contribution is 6.30. The monoisotopic (exact) mass is 257 g/mol. The predicted octanol–water partition coefficient (Wildman–Crippen LogP) is 1.99. The van der Waals surface area contributed by atoms with E-state index in [1.807, 2.05) is 14.0 Å². The zero-order chi connectivity index (χ0) is 12.6. The Morgan fingerprint density at radius 3 is 2.71 bits per heavy atom. The molecule has 0 bridgehead atoms. The largest absolute Gasteiger partial charge is 0.373 e. The number of aryl methyl sites for hydroxylation is 2. The molecule has 2 heterocycles. The third kappa shape index (κ3) is 2.81. The summed E-state index contributed by atoms with van der Waals surface area (Å²) >= 11 is 6.25. The Morgan fingerprint density at radius 2 is 2.18 bits per heavy atom. The van der Waals surface area contributed by atoms with Crippen LogP contribution in [0.15, 0.2) is 0 Å². The van der Waals surface area contributed by atoms with E-state index in [0.717, 1.165) is 42.7 Å². The smallest absolute Gasteiger partial charge is 0.131 e. The molecule has 96 valence electrons. The first kappa shape index (κ1) is 12.9. The van der Waals surface area contributed by atoms with E-state index < -0.39 is 0 Å². The van der Waals surface area contributed by atoms with Crippen molar-refractivity contribution in [3.63, 3.8) is 0 Å². The minimum Gasteiger partial charge on any atom is -0.373 e. The quantitative estimate of drug-likeness (QED) is 0.812. The first-order chi connectivity index (χ1) is 7.89. The third-order valence-electron chi connectivity index (χ3n) is 3.16. The standard InChI is InChI=1S/C12H20ClN3O/c1-9-10(11(13)15(4)14-9)7-16-5-6-17-12(2,3)8-16/h5-8H2,1-4H3. The number of hydrogen-bond donors (Lipinski definition) is 0. The zero-order valence-electron chi connectivity index (χ0n) is 11.0. The van der Waals surface area contributed by atoms with Gasteiger partial charge in [0.1, 0.15) is 5.15 Å². The molecule has 0 saturated carbocycles. The summed E-state index contributed by atoms with van der Waals surface area (Å²) < 4.78 is 7.44. The van der Waals surface area contributed by atoms with Gasteiger partial charge < -0.3 is 4.74 Å². The summed E-state index contributed by atoms with van der Waals surface area (Å²) in [4.78, 5) is 2.37. The van der Waals surface area contributed by atoms with Crippen molar-refractivity contribution in [2.24, 2.45) is 7.05 Å². The first-order valence-corrected chi connectivity index (χ1v) is 6.31. The molecule has 0 spiro atoms. The van der Waals surface area contributed by atoms with Gasteiger partial charge in [-0.05, 0) is 20.8 Å². The molecule has 0 atom stereocenters. The summed E-state index contributed by atoms with van der Waals surface area (Å²) in [5.74, 6) is 0. The maximum Gasteiger partial charge on any atom is 0.131 e. The molecule has 1 aliphatic heterocycles. The molecule has 0 aliphatic carbocycles. The predicted molar refractivity (Wildman–Crippen MR) is 68.3 cm³/mol. The highest BCUT2D eigenvalue weighted by Gasteiger charge is 2.28. The van der Waals surface area contributed by atoms with Gasteiger partial charge in [0.15, 0.2) is 0 Å². The van der Waals surface area contributed by atoms with Crippen LogP contribution < -0.4 is 0 Å². The Morgan fingerprint density at radius 1 is 1.47 bits per heavy atom. The van der Waals surface area contributed by atoms with Crippen LogP contribution in [0.1, 0.15) is 25.1 Å². The Hall–Kier alpha value is -0.580. The van der Waals surface area contributed by atoms with Gasteiger partial charge in [-0.15, -0.1) is 0 Å². The van der Waals surface area contributed by atoms with Gasteiger partial charge in [-0.2, -0.15) is 5.10 Å². The lowest BCUT2D eigenvalue weighted by atomic mass is 10.1.